The fraction of sp³-hybridized carbons (Fsp3) is 0.368. The van der Waals surface area contributed by atoms with Crippen LogP contribution < -0.4 is 10.5 Å². The van der Waals surface area contributed by atoms with Crippen molar-refractivity contribution in [3.63, 3.8) is 0 Å². The van der Waals surface area contributed by atoms with Gasteiger partial charge in [-0.1, -0.05) is 47.5 Å². The lowest BCUT2D eigenvalue weighted by atomic mass is 9.98. The van der Waals surface area contributed by atoms with Crippen molar-refractivity contribution in [1.82, 2.24) is 0 Å². The van der Waals surface area contributed by atoms with E-state index in [1.807, 2.05) is 0 Å². The zero-order valence-electron chi connectivity index (χ0n) is 12.8. The minimum atomic E-state index is 0.146. The van der Waals surface area contributed by atoms with Gasteiger partial charge in [-0.3, -0.25) is 0 Å². The van der Waals surface area contributed by atoms with Crippen molar-refractivity contribution in [2.45, 2.75) is 45.3 Å². The van der Waals surface area contributed by atoms with E-state index in [2.05, 4.69) is 56.3 Å². The van der Waals surface area contributed by atoms with Gasteiger partial charge in [0.25, 0.3) is 0 Å². The van der Waals surface area contributed by atoms with Gasteiger partial charge in [0.15, 0.2) is 0 Å². The van der Waals surface area contributed by atoms with Gasteiger partial charge in [-0.25, -0.2) is 0 Å². The summed E-state index contributed by atoms with van der Waals surface area (Å²) in [5.41, 5.74) is 11.5. The standard InChI is InChI=1S/C19H23NO/c1-13-4-3-5-15(8-13)10-17(20)12-18-11-16-9-14(2)6-7-19(16)21-18/h3-9,17-18H,10-12,20H2,1-2H3. The summed E-state index contributed by atoms with van der Waals surface area (Å²) in [7, 11) is 0. The molecule has 0 saturated heterocycles. The molecule has 0 fully saturated rings. The van der Waals surface area contributed by atoms with Crippen molar-refractivity contribution in [2.24, 2.45) is 5.73 Å². The molecule has 0 aliphatic carbocycles. The largest absolute Gasteiger partial charge is 0.490 e. The molecule has 2 atom stereocenters. The van der Waals surface area contributed by atoms with Gasteiger partial charge in [0.1, 0.15) is 11.9 Å². The predicted molar refractivity (Wildman–Crippen MR) is 86.8 cm³/mol. The van der Waals surface area contributed by atoms with Gasteiger partial charge in [0.2, 0.25) is 0 Å². The van der Waals surface area contributed by atoms with Gasteiger partial charge in [0.05, 0.1) is 0 Å². The van der Waals surface area contributed by atoms with E-state index < -0.39 is 0 Å². The molecule has 2 N–H and O–H groups in total. The number of aryl methyl sites for hydroxylation is 2. The van der Waals surface area contributed by atoms with Gasteiger partial charge >= 0.3 is 0 Å². The Morgan fingerprint density at radius 2 is 1.95 bits per heavy atom. The van der Waals surface area contributed by atoms with Gasteiger partial charge in [-0.15, -0.1) is 0 Å². The topological polar surface area (TPSA) is 35.2 Å². The summed E-state index contributed by atoms with van der Waals surface area (Å²) in [5, 5.41) is 0. The second-order valence-corrected chi connectivity index (χ2v) is 6.24. The average Bonchev–Trinajstić information content (AvgIpc) is 2.79. The monoisotopic (exact) mass is 281 g/mol. The summed E-state index contributed by atoms with van der Waals surface area (Å²) in [5.74, 6) is 1.04. The van der Waals surface area contributed by atoms with Crippen molar-refractivity contribution < 1.29 is 4.74 Å². The summed E-state index contributed by atoms with van der Waals surface area (Å²) >= 11 is 0. The zero-order chi connectivity index (χ0) is 14.8. The van der Waals surface area contributed by atoms with E-state index in [1.54, 1.807) is 0 Å². The molecule has 2 nitrogen and oxygen atoms in total. The summed E-state index contributed by atoms with van der Waals surface area (Å²) in [6.45, 7) is 4.24. The highest BCUT2D eigenvalue weighted by molar-refractivity contribution is 5.40. The van der Waals surface area contributed by atoms with Crippen molar-refractivity contribution in [3.05, 3.63) is 64.7 Å². The molecule has 0 saturated carbocycles. The minimum Gasteiger partial charge on any atom is -0.490 e. The van der Waals surface area contributed by atoms with Crippen LogP contribution in [0.3, 0.4) is 0 Å². The molecule has 0 aromatic heterocycles. The number of ether oxygens (including phenoxy) is 1. The number of benzene rings is 2. The first kappa shape index (κ1) is 14.2. The zero-order valence-corrected chi connectivity index (χ0v) is 12.8. The third kappa shape index (κ3) is 3.45. The Bertz CT molecular complexity index is 635. The van der Waals surface area contributed by atoms with Crippen LogP contribution in [0.4, 0.5) is 0 Å². The summed E-state index contributed by atoms with van der Waals surface area (Å²) < 4.78 is 6.01. The smallest absolute Gasteiger partial charge is 0.123 e. The van der Waals surface area contributed by atoms with E-state index in [4.69, 9.17) is 10.5 Å². The highest BCUT2D eigenvalue weighted by atomic mass is 16.5. The number of nitrogens with two attached hydrogens (primary N) is 1. The molecular weight excluding hydrogens is 258 g/mol. The van der Waals surface area contributed by atoms with Crippen LogP contribution in [-0.4, -0.2) is 12.1 Å². The molecule has 1 aliphatic rings. The Morgan fingerprint density at radius 1 is 1.14 bits per heavy atom. The van der Waals surface area contributed by atoms with Crippen LogP contribution in [0.5, 0.6) is 5.75 Å². The molecule has 110 valence electrons. The molecule has 0 radical (unpaired) electrons. The molecule has 1 aliphatic heterocycles. The molecule has 2 unspecified atom stereocenters. The second-order valence-electron chi connectivity index (χ2n) is 6.24. The number of hydrogen-bond donors (Lipinski definition) is 1. The Morgan fingerprint density at radius 3 is 2.76 bits per heavy atom. The van der Waals surface area contributed by atoms with Crippen molar-refractivity contribution >= 4 is 0 Å². The molecule has 2 aromatic carbocycles. The minimum absolute atomic E-state index is 0.146. The first-order chi connectivity index (χ1) is 10.1. The third-order valence-electron chi connectivity index (χ3n) is 4.10. The maximum absolute atomic E-state index is 6.32. The van der Waals surface area contributed by atoms with Crippen LogP contribution >= 0.6 is 0 Å². The van der Waals surface area contributed by atoms with E-state index in [1.165, 1.54) is 22.3 Å². The first-order valence-electron chi connectivity index (χ1n) is 7.67. The number of rotatable bonds is 4. The molecule has 2 heteroatoms. The number of hydrogen-bond acceptors (Lipinski definition) is 2. The van der Waals surface area contributed by atoms with E-state index in [-0.39, 0.29) is 12.1 Å². The molecule has 2 aromatic rings. The molecule has 3 rings (SSSR count). The molecule has 21 heavy (non-hydrogen) atoms. The van der Waals surface area contributed by atoms with Gasteiger partial charge < -0.3 is 10.5 Å². The molecule has 0 bridgehead atoms. The lowest BCUT2D eigenvalue weighted by Crippen LogP contribution is -2.30. The Balaban J connectivity index is 1.58. The lowest BCUT2D eigenvalue weighted by molar-refractivity contribution is 0.210. The quantitative estimate of drug-likeness (QED) is 0.930. The van der Waals surface area contributed by atoms with Crippen molar-refractivity contribution in [3.8, 4) is 5.75 Å². The van der Waals surface area contributed by atoms with E-state index in [0.29, 0.717) is 0 Å². The molecule has 1 heterocycles. The van der Waals surface area contributed by atoms with Crippen LogP contribution in [0.25, 0.3) is 0 Å². The van der Waals surface area contributed by atoms with E-state index >= 15 is 0 Å². The maximum atomic E-state index is 6.32. The summed E-state index contributed by atoms with van der Waals surface area (Å²) in [6, 6.07) is 15.1. The van der Waals surface area contributed by atoms with Gasteiger partial charge in [0, 0.05) is 18.9 Å². The van der Waals surface area contributed by atoms with E-state index in [0.717, 1.165) is 25.0 Å². The predicted octanol–water partition coefficient (Wildman–Crippen LogP) is 3.57. The highest BCUT2D eigenvalue weighted by Gasteiger charge is 2.24. The van der Waals surface area contributed by atoms with Gasteiger partial charge in [-0.2, -0.15) is 0 Å². The Hall–Kier alpha value is -1.80. The number of fused-ring (bicyclic) bond motifs is 1. The molecular formula is C19H23NO. The summed E-state index contributed by atoms with van der Waals surface area (Å²) in [6.07, 6.45) is 3.03. The van der Waals surface area contributed by atoms with Crippen molar-refractivity contribution in [2.75, 3.05) is 0 Å². The maximum Gasteiger partial charge on any atom is 0.123 e. The Labute approximate surface area is 126 Å². The SMILES string of the molecule is Cc1cccc(CC(N)CC2Cc3cc(C)ccc3O2)c1. The van der Waals surface area contributed by atoms with Crippen LogP contribution in [0.15, 0.2) is 42.5 Å². The van der Waals surface area contributed by atoms with Crippen LogP contribution in [0, 0.1) is 13.8 Å². The average molecular weight is 281 g/mol. The fourth-order valence-electron chi connectivity index (χ4n) is 3.14. The lowest BCUT2D eigenvalue weighted by Gasteiger charge is -2.17. The normalized spacial score (nSPS) is 18.1. The third-order valence-corrected chi connectivity index (χ3v) is 4.10. The fourth-order valence-corrected chi connectivity index (χ4v) is 3.14. The van der Waals surface area contributed by atoms with Gasteiger partial charge in [-0.05, 0) is 37.5 Å². The highest BCUT2D eigenvalue weighted by Crippen LogP contribution is 2.31. The first-order valence-corrected chi connectivity index (χ1v) is 7.67. The molecule has 0 amide bonds. The van der Waals surface area contributed by atoms with E-state index in [9.17, 15) is 0 Å². The van der Waals surface area contributed by atoms with Crippen LogP contribution in [-0.2, 0) is 12.8 Å². The van der Waals surface area contributed by atoms with Crippen LogP contribution in [0.2, 0.25) is 0 Å². The molecule has 0 spiro atoms. The summed E-state index contributed by atoms with van der Waals surface area (Å²) in [4.78, 5) is 0. The van der Waals surface area contributed by atoms with Crippen molar-refractivity contribution in [1.29, 1.82) is 0 Å². The Kier molecular flexibility index (Phi) is 3.98. The second kappa shape index (κ2) is 5.90. The van der Waals surface area contributed by atoms with Crippen LogP contribution in [0.1, 0.15) is 28.7 Å².